The molecule has 1 aliphatic carbocycles. The van der Waals surface area contributed by atoms with E-state index in [0.717, 1.165) is 37.7 Å². The molecule has 0 amide bonds. The zero-order valence-electron chi connectivity index (χ0n) is 22.4. The molecule has 5 nitrogen and oxygen atoms in total. The van der Waals surface area contributed by atoms with E-state index in [0.29, 0.717) is 37.3 Å². The number of halogens is 2. The van der Waals surface area contributed by atoms with E-state index in [2.05, 4.69) is 16.9 Å². The summed E-state index contributed by atoms with van der Waals surface area (Å²) in [6.45, 7) is 4.57. The van der Waals surface area contributed by atoms with E-state index >= 15 is 0 Å². The molecule has 1 fully saturated rings. The van der Waals surface area contributed by atoms with Crippen LogP contribution in [0.5, 0.6) is 5.75 Å². The van der Waals surface area contributed by atoms with E-state index in [-0.39, 0.29) is 24.2 Å². The number of alkyl halides is 1. The molecule has 204 valence electrons. The van der Waals surface area contributed by atoms with Crippen LogP contribution in [0.15, 0.2) is 30.6 Å². The highest BCUT2D eigenvalue weighted by Crippen LogP contribution is 2.29. The summed E-state index contributed by atoms with van der Waals surface area (Å²) in [4.78, 5) is 20.8. The molecule has 37 heavy (non-hydrogen) atoms. The molecule has 1 aromatic carbocycles. The number of esters is 1. The van der Waals surface area contributed by atoms with Gasteiger partial charge in [-0.25, -0.2) is 23.5 Å². The van der Waals surface area contributed by atoms with Crippen LogP contribution in [0, 0.1) is 11.7 Å². The van der Waals surface area contributed by atoms with E-state index < -0.39 is 18.0 Å². The average Bonchev–Trinajstić information content (AvgIpc) is 2.92. The van der Waals surface area contributed by atoms with Gasteiger partial charge in [-0.3, -0.25) is 0 Å². The smallest absolute Gasteiger partial charge is 0.340 e. The van der Waals surface area contributed by atoms with Crippen molar-refractivity contribution in [2.45, 2.75) is 110 Å². The van der Waals surface area contributed by atoms with Gasteiger partial charge in [0.05, 0.1) is 6.61 Å². The third-order valence-electron chi connectivity index (χ3n) is 7.08. The van der Waals surface area contributed by atoms with Gasteiger partial charge in [-0.2, -0.15) is 0 Å². The Morgan fingerprint density at radius 1 is 1.00 bits per heavy atom. The lowest BCUT2D eigenvalue weighted by Gasteiger charge is -2.28. The minimum Gasteiger partial charge on any atom is -0.490 e. The van der Waals surface area contributed by atoms with Crippen LogP contribution in [-0.2, 0) is 16.0 Å². The highest BCUT2D eigenvalue weighted by molar-refractivity contribution is 5.74. The number of ether oxygens (including phenoxy) is 2. The van der Waals surface area contributed by atoms with Crippen LogP contribution >= 0.6 is 0 Å². The van der Waals surface area contributed by atoms with Crippen LogP contribution in [0.25, 0.3) is 11.4 Å². The van der Waals surface area contributed by atoms with E-state index in [1.807, 2.05) is 19.3 Å². The van der Waals surface area contributed by atoms with Gasteiger partial charge >= 0.3 is 5.97 Å². The zero-order chi connectivity index (χ0) is 26.5. The summed E-state index contributed by atoms with van der Waals surface area (Å²) in [5, 5.41) is 0. The minimum atomic E-state index is -1.53. The summed E-state index contributed by atoms with van der Waals surface area (Å²) in [6.07, 6.45) is 13.7. The van der Waals surface area contributed by atoms with Gasteiger partial charge < -0.3 is 9.47 Å². The number of benzene rings is 1. The van der Waals surface area contributed by atoms with Crippen molar-refractivity contribution in [3.63, 3.8) is 0 Å². The second kappa shape index (κ2) is 15.6. The fourth-order valence-electron chi connectivity index (χ4n) is 4.69. The number of carbonyl (C=O) groups is 1. The predicted octanol–water partition coefficient (Wildman–Crippen LogP) is 7.80. The first-order valence-corrected chi connectivity index (χ1v) is 14.1. The van der Waals surface area contributed by atoms with Crippen LogP contribution in [0.3, 0.4) is 0 Å². The van der Waals surface area contributed by atoms with Crippen molar-refractivity contribution in [1.82, 2.24) is 9.97 Å². The Bertz CT molecular complexity index is 946. The molecule has 0 spiro atoms. The van der Waals surface area contributed by atoms with E-state index in [9.17, 15) is 13.6 Å². The highest BCUT2D eigenvalue weighted by Gasteiger charge is 2.27. The molecule has 0 N–H and O–H groups in total. The normalized spacial score (nSPS) is 18.4. The van der Waals surface area contributed by atoms with Crippen molar-refractivity contribution in [3.8, 4) is 17.1 Å². The summed E-state index contributed by atoms with van der Waals surface area (Å²) in [6, 6.07) is 4.82. The Morgan fingerprint density at radius 3 is 2.38 bits per heavy atom. The molecular formula is C30H42F2N2O3. The second-order valence-electron chi connectivity index (χ2n) is 10.2. The van der Waals surface area contributed by atoms with Gasteiger partial charge in [0.15, 0.2) is 23.6 Å². The lowest BCUT2D eigenvalue weighted by atomic mass is 9.88. The Labute approximate surface area is 220 Å². The number of aryl methyl sites for hydroxylation is 1. The average molecular weight is 517 g/mol. The van der Waals surface area contributed by atoms with Gasteiger partial charge in [0.2, 0.25) is 0 Å². The van der Waals surface area contributed by atoms with Gasteiger partial charge in [0, 0.05) is 18.0 Å². The Balaban J connectivity index is 1.41. The van der Waals surface area contributed by atoms with E-state index in [1.165, 1.54) is 31.7 Å². The summed E-state index contributed by atoms with van der Waals surface area (Å²) in [5.74, 6) is -0.232. The first-order chi connectivity index (χ1) is 18.0. The van der Waals surface area contributed by atoms with Crippen LogP contribution < -0.4 is 4.74 Å². The standard InChI is InChI=1S/C30H42F2N2O3/c1-3-5-7-8-9-10-23-19-33-29(34-20-23)24-14-17-28(27(32)18-24)36-21-22-12-15-25(16-13-22)37-30(35)26(31)11-6-4-2/h14,17-20,22,25-26H,3-13,15-16,21H2,1-2H3/t22?,25?,26-/m0/s1. The van der Waals surface area contributed by atoms with Crippen molar-refractivity contribution < 1.29 is 23.0 Å². The maximum absolute atomic E-state index is 14.7. The maximum atomic E-state index is 14.7. The SMILES string of the molecule is CCCCCCCc1cnc(-c2ccc(OCC3CCC(OC(=O)[C@@H](F)CCCC)CC3)c(F)c2)nc1. The van der Waals surface area contributed by atoms with E-state index in [4.69, 9.17) is 9.47 Å². The molecule has 7 heteroatoms. The fraction of sp³-hybridized carbons (Fsp3) is 0.633. The molecule has 0 aliphatic heterocycles. The van der Waals surface area contributed by atoms with Crippen molar-refractivity contribution >= 4 is 5.97 Å². The topological polar surface area (TPSA) is 61.3 Å². The number of rotatable bonds is 15. The third-order valence-corrected chi connectivity index (χ3v) is 7.08. The number of carbonyl (C=O) groups excluding carboxylic acids is 1. The lowest BCUT2D eigenvalue weighted by molar-refractivity contribution is -0.157. The number of hydrogen-bond acceptors (Lipinski definition) is 5. The van der Waals surface area contributed by atoms with Crippen LogP contribution in [-0.4, -0.2) is 34.8 Å². The maximum Gasteiger partial charge on any atom is 0.340 e. The summed E-state index contributed by atoms with van der Waals surface area (Å²) < 4.78 is 39.7. The second-order valence-corrected chi connectivity index (χ2v) is 10.2. The summed E-state index contributed by atoms with van der Waals surface area (Å²) in [7, 11) is 0. The fourth-order valence-corrected chi connectivity index (χ4v) is 4.69. The molecule has 2 aromatic rings. The van der Waals surface area contributed by atoms with Gasteiger partial charge in [-0.15, -0.1) is 0 Å². The first-order valence-electron chi connectivity index (χ1n) is 14.1. The van der Waals surface area contributed by atoms with Crippen molar-refractivity contribution in [2.75, 3.05) is 6.61 Å². The summed E-state index contributed by atoms with van der Waals surface area (Å²) in [5.41, 5.74) is 1.72. The largest absolute Gasteiger partial charge is 0.490 e. The Kier molecular flexibility index (Phi) is 12.2. The molecule has 3 rings (SSSR count). The molecule has 0 unspecified atom stereocenters. The van der Waals surface area contributed by atoms with Gasteiger partial charge in [0.1, 0.15) is 6.10 Å². The lowest BCUT2D eigenvalue weighted by Crippen LogP contribution is -2.30. The highest BCUT2D eigenvalue weighted by atomic mass is 19.1. The Morgan fingerprint density at radius 2 is 1.70 bits per heavy atom. The first kappa shape index (κ1) is 29.0. The summed E-state index contributed by atoms with van der Waals surface area (Å²) >= 11 is 0. The van der Waals surface area contributed by atoms with E-state index in [1.54, 1.807) is 12.1 Å². The van der Waals surface area contributed by atoms with Gasteiger partial charge in [-0.05, 0) is 74.6 Å². The van der Waals surface area contributed by atoms with Crippen molar-refractivity contribution in [3.05, 3.63) is 42.0 Å². The number of aromatic nitrogens is 2. The number of hydrogen-bond donors (Lipinski definition) is 0. The quantitative estimate of drug-likeness (QED) is 0.178. The molecule has 1 aromatic heterocycles. The van der Waals surface area contributed by atoms with Gasteiger partial charge in [-0.1, -0.05) is 52.4 Å². The minimum absolute atomic E-state index is 0.206. The molecular weight excluding hydrogens is 474 g/mol. The molecule has 1 atom stereocenters. The molecule has 0 radical (unpaired) electrons. The molecule has 1 heterocycles. The van der Waals surface area contributed by atoms with Crippen LogP contribution in [0.4, 0.5) is 8.78 Å². The monoisotopic (exact) mass is 516 g/mol. The number of unbranched alkanes of at least 4 members (excludes halogenated alkanes) is 5. The number of nitrogens with zero attached hydrogens (tertiary/aromatic N) is 2. The molecule has 1 saturated carbocycles. The van der Waals surface area contributed by atoms with Crippen molar-refractivity contribution in [1.29, 1.82) is 0 Å². The van der Waals surface area contributed by atoms with Crippen LogP contribution in [0.2, 0.25) is 0 Å². The zero-order valence-corrected chi connectivity index (χ0v) is 22.4. The van der Waals surface area contributed by atoms with Crippen molar-refractivity contribution in [2.24, 2.45) is 5.92 Å². The molecule has 1 aliphatic rings. The Hall–Kier alpha value is -2.57. The predicted molar refractivity (Wildman–Crippen MR) is 142 cm³/mol. The van der Waals surface area contributed by atoms with Crippen LogP contribution in [0.1, 0.15) is 96.5 Å². The molecule has 0 bridgehead atoms. The van der Waals surface area contributed by atoms with Gasteiger partial charge in [0.25, 0.3) is 0 Å². The molecule has 0 saturated heterocycles. The third kappa shape index (κ3) is 9.67.